The SMILES string of the molecule is CC(C)CC1=NC(=O)C(O)CN1C1CCC1. The zero-order chi connectivity index (χ0) is 11.7. The third kappa shape index (κ3) is 2.26. The van der Waals surface area contributed by atoms with Crippen LogP contribution < -0.4 is 0 Å². The molecule has 1 unspecified atom stereocenters. The fourth-order valence-corrected chi connectivity index (χ4v) is 2.22. The topological polar surface area (TPSA) is 52.9 Å². The number of hydrogen-bond acceptors (Lipinski definition) is 3. The summed E-state index contributed by atoms with van der Waals surface area (Å²) in [5, 5.41) is 9.57. The molecule has 1 amide bonds. The first-order chi connectivity index (χ1) is 7.58. The molecule has 1 atom stereocenters. The van der Waals surface area contributed by atoms with E-state index in [1.54, 1.807) is 0 Å². The molecule has 1 fully saturated rings. The average Bonchev–Trinajstić information content (AvgIpc) is 2.09. The summed E-state index contributed by atoms with van der Waals surface area (Å²) in [5.74, 6) is 1.01. The molecule has 0 saturated heterocycles. The highest BCUT2D eigenvalue weighted by atomic mass is 16.3. The lowest BCUT2D eigenvalue weighted by molar-refractivity contribution is -0.127. The molecule has 4 heteroatoms. The highest BCUT2D eigenvalue weighted by molar-refractivity contribution is 5.99. The predicted molar refractivity (Wildman–Crippen MR) is 62.2 cm³/mol. The van der Waals surface area contributed by atoms with Crippen LogP contribution in [0, 0.1) is 5.92 Å². The smallest absolute Gasteiger partial charge is 0.277 e. The maximum Gasteiger partial charge on any atom is 0.277 e. The molecule has 0 spiro atoms. The molecule has 1 aliphatic heterocycles. The lowest BCUT2D eigenvalue weighted by Gasteiger charge is -2.42. The monoisotopic (exact) mass is 224 g/mol. The van der Waals surface area contributed by atoms with Crippen molar-refractivity contribution >= 4 is 11.7 Å². The molecule has 0 aromatic carbocycles. The number of carbonyl (C=O) groups excluding carboxylic acids is 1. The zero-order valence-corrected chi connectivity index (χ0v) is 10.0. The van der Waals surface area contributed by atoms with Crippen molar-refractivity contribution in [2.45, 2.75) is 51.7 Å². The first-order valence-electron chi connectivity index (χ1n) is 6.14. The van der Waals surface area contributed by atoms with Crippen LogP contribution in [0.4, 0.5) is 0 Å². The van der Waals surface area contributed by atoms with Crippen LogP contribution in [0.2, 0.25) is 0 Å². The summed E-state index contributed by atoms with van der Waals surface area (Å²) < 4.78 is 0. The maximum atomic E-state index is 11.4. The molecule has 0 bridgehead atoms. The Morgan fingerprint density at radius 3 is 2.69 bits per heavy atom. The van der Waals surface area contributed by atoms with Crippen molar-refractivity contribution in [1.82, 2.24) is 4.90 Å². The minimum Gasteiger partial charge on any atom is -0.381 e. The Morgan fingerprint density at radius 2 is 2.19 bits per heavy atom. The van der Waals surface area contributed by atoms with Crippen LogP contribution in [0.3, 0.4) is 0 Å². The van der Waals surface area contributed by atoms with Gasteiger partial charge in [-0.15, -0.1) is 0 Å². The number of hydrogen-bond donors (Lipinski definition) is 1. The Balaban J connectivity index is 2.13. The minimum atomic E-state index is -0.920. The summed E-state index contributed by atoms with van der Waals surface area (Å²) in [5.41, 5.74) is 0. The molecule has 1 aliphatic carbocycles. The van der Waals surface area contributed by atoms with Crippen molar-refractivity contribution in [3.8, 4) is 0 Å². The van der Waals surface area contributed by atoms with Gasteiger partial charge in [-0.3, -0.25) is 4.79 Å². The number of β-amino-alcohol motifs (C(OH)–C–C–N with tert-alkyl or cyclic N) is 1. The standard InChI is InChI=1S/C12H20N2O2/c1-8(2)6-11-13-12(16)10(15)7-14(11)9-4-3-5-9/h8-10,15H,3-7H2,1-2H3. The van der Waals surface area contributed by atoms with Crippen molar-refractivity contribution in [2.75, 3.05) is 6.54 Å². The van der Waals surface area contributed by atoms with E-state index in [4.69, 9.17) is 0 Å². The minimum absolute atomic E-state index is 0.369. The summed E-state index contributed by atoms with van der Waals surface area (Å²) in [7, 11) is 0. The van der Waals surface area contributed by atoms with Crippen LogP contribution in [0.5, 0.6) is 0 Å². The molecule has 4 nitrogen and oxygen atoms in total. The fourth-order valence-electron chi connectivity index (χ4n) is 2.22. The van der Waals surface area contributed by atoms with Crippen molar-refractivity contribution < 1.29 is 9.90 Å². The van der Waals surface area contributed by atoms with Crippen molar-refractivity contribution in [3.63, 3.8) is 0 Å². The van der Waals surface area contributed by atoms with E-state index in [-0.39, 0.29) is 5.91 Å². The van der Waals surface area contributed by atoms with Gasteiger partial charge in [-0.1, -0.05) is 13.8 Å². The summed E-state index contributed by atoms with van der Waals surface area (Å²) >= 11 is 0. The second kappa shape index (κ2) is 4.53. The average molecular weight is 224 g/mol. The van der Waals surface area contributed by atoms with E-state index in [1.165, 1.54) is 6.42 Å². The number of amidine groups is 1. The number of aliphatic hydroxyl groups excluding tert-OH is 1. The largest absolute Gasteiger partial charge is 0.381 e. The van der Waals surface area contributed by atoms with Crippen LogP contribution in [-0.4, -0.2) is 40.4 Å². The first-order valence-corrected chi connectivity index (χ1v) is 6.14. The summed E-state index contributed by atoms with van der Waals surface area (Å²) in [6.07, 6.45) is 3.49. The van der Waals surface area contributed by atoms with Gasteiger partial charge in [-0.25, -0.2) is 0 Å². The molecule has 2 rings (SSSR count). The number of aliphatic imine (C=N–C) groups is 1. The summed E-state index contributed by atoms with van der Waals surface area (Å²) in [6.45, 7) is 4.68. The van der Waals surface area contributed by atoms with E-state index in [0.717, 1.165) is 25.1 Å². The van der Waals surface area contributed by atoms with Crippen LogP contribution in [0.1, 0.15) is 39.5 Å². The Kier molecular flexibility index (Phi) is 3.28. The van der Waals surface area contributed by atoms with Gasteiger partial charge in [0.1, 0.15) is 5.84 Å². The Morgan fingerprint density at radius 1 is 1.50 bits per heavy atom. The van der Waals surface area contributed by atoms with Gasteiger partial charge >= 0.3 is 0 Å². The van der Waals surface area contributed by atoms with E-state index < -0.39 is 6.10 Å². The van der Waals surface area contributed by atoms with Crippen LogP contribution in [0.15, 0.2) is 4.99 Å². The predicted octanol–water partition coefficient (Wildman–Crippen LogP) is 1.19. The molecule has 0 aromatic rings. The molecule has 0 radical (unpaired) electrons. The van der Waals surface area contributed by atoms with Gasteiger partial charge in [0.25, 0.3) is 5.91 Å². The number of amides is 1. The van der Waals surface area contributed by atoms with Gasteiger partial charge < -0.3 is 10.0 Å². The second-order valence-electron chi connectivity index (χ2n) is 5.22. The van der Waals surface area contributed by atoms with Gasteiger partial charge in [0.2, 0.25) is 0 Å². The highest BCUT2D eigenvalue weighted by Gasteiger charge is 2.34. The fraction of sp³-hybridized carbons (Fsp3) is 0.833. The quantitative estimate of drug-likeness (QED) is 0.783. The summed E-state index contributed by atoms with van der Waals surface area (Å²) in [4.78, 5) is 17.6. The number of rotatable bonds is 3. The Hall–Kier alpha value is -0.900. The lowest BCUT2D eigenvalue weighted by atomic mass is 9.90. The Bertz CT molecular complexity index is 308. The van der Waals surface area contributed by atoms with Crippen molar-refractivity contribution in [3.05, 3.63) is 0 Å². The molecule has 1 saturated carbocycles. The van der Waals surface area contributed by atoms with Crippen LogP contribution in [0.25, 0.3) is 0 Å². The molecule has 1 heterocycles. The van der Waals surface area contributed by atoms with Gasteiger partial charge in [-0.2, -0.15) is 4.99 Å². The van der Waals surface area contributed by atoms with Crippen LogP contribution in [-0.2, 0) is 4.79 Å². The molecule has 1 N–H and O–H groups in total. The molecule has 90 valence electrons. The summed E-state index contributed by atoms with van der Waals surface area (Å²) in [6, 6.07) is 0.500. The third-order valence-electron chi connectivity index (χ3n) is 3.33. The third-order valence-corrected chi connectivity index (χ3v) is 3.33. The molecular formula is C12H20N2O2. The highest BCUT2D eigenvalue weighted by Crippen LogP contribution is 2.28. The molecule has 0 aromatic heterocycles. The number of nitrogens with zero attached hydrogens (tertiary/aromatic N) is 2. The van der Waals surface area contributed by atoms with Crippen molar-refractivity contribution in [2.24, 2.45) is 10.9 Å². The number of carbonyl (C=O) groups is 1. The van der Waals surface area contributed by atoms with E-state index in [2.05, 4.69) is 23.7 Å². The number of aliphatic hydroxyl groups is 1. The first kappa shape index (κ1) is 11.6. The van der Waals surface area contributed by atoms with Crippen LogP contribution >= 0.6 is 0 Å². The van der Waals surface area contributed by atoms with E-state index in [1.807, 2.05) is 0 Å². The second-order valence-corrected chi connectivity index (χ2v) is 5.22. The van der Waals surface area contributed by atoms with E-state index in [9.17, 15) is 9.90 Å². The molecule has 2 aliphatic rings. The zero-order valence-electron chi connectivity index (χ0n) is 10.0. The van der Waals surface area contributed by atoms with Gasteiger partial charge in [0.15, 0.2) is 6.10 Å². The molecular weight excluding hydrogens is 204 g/mol. The van der Waals surface area contributed by atoms with E-state index in [0.29, 0.717) is 18.5 Å². The lowest BCUT2D eigenvalue weighted by Crippen LogP contribution is -2.52. The normalized spacial score (nSPS) is 27.0. The van der Waals surface area contributed by atoms with Gasteiger partial charge in [-0.05, 0) is 25.2 Å². The van der Waals surface area contributed by atoms with Gasteiger partial charge in [0.05, 0.1) is 6.54 Å². The maximum absolute atomic E-state index is 11.4. The molecule has 16 heavy (non-hydrogen) atoms. The Labute approximate surface area is 96.4 Å². The van der Waals surface area contributed by atoms with Crippen molar-refractivity contribution in [1.29, 1.82) is 0 Å². The van der Waals surface area contributed by atoms with Gasteiger partial charge in [0, 0.05) is 12.5 Å². The van der Waals surface area contributed by atoms with E-state index >= 15 is 0 Å².